The maximum atomic E-state index is 13.4. The number of aromatic nitrogens is 2. The highest BCUT2D eigenvalue weighted by Gasteiger charge is 2.20. The molecule has 0 bridgehead atoms. The normalized spacial score (nSPS) is 11.2. The van der Waals surface area contributed by atoms with Gasteiger partial charge in [-0.3, -0.25) is 14.2 Å². The van der Waals surface area contributed by atoms with Crippen LogP contribution < -0.4 is 11.2 Å². The van der Waals surface area contributed by atoms with Gasteiger partial charge in [0.15, 0.2) is 0 Å². The van der Waals surface area contributed by atoms with Crippen LogP contribution in [0.4, 0.5) is 0 Å². The van der Waals surface area contributed by atoms with Crippen molar-refractivity contribution in [2.45, 2.75) is 47.1 Å². The van der Waals surface area contributed by atoms with Crippen molar-refractivity contribution in [3.05, 3.63) is 61.6 Å². The zero-order chi connectivity index (χ0) is 21.1. The van der Waals surface area contributed by atoms with E-state index in [2.05, 4.69) is 0 Å². The number of benzene rings is 1. The van der Waals surface area contributed by atoms with Crippen LogP contribution in [0.3, 0.4) is 0 Å². The first-order valence-corrected chi connectivity index (χ1v) is 10.8. The number of carbonyl (C=O) groups is 1. The van der Waals surface area contributed by atoms with Crippen LogP contribution in [0.2, 0.25) is 0 Å². The summed E-state index contributed by atoms with van der Waals surface area (Å²) in [7, 11) is 0. The van der Waals surface area contributed by atoms with E-state index in [1.54, 1.807) is 16.3 Å². The Labute approximate surface area is 174 Å². The Balaban J connectivity index is 2.20. The van der Waals surface area contributed by atoms with Crippen molar-refractivity contribution >= 4 is 27.5 Å². The third-order valence-electron chi connectivity index (χ3n) is 4.99. The Morgan fingerprint density at radius 2 is 1.76 bits per heavy atom. The SMILES string of the molecule is CCCN(CCC)C(=O)Cn1c(=O)n(-c2cc(C)ccc2C)c(=O)c2sccc21. The molecule has 0 aliphatic rings. The van der Waals surface area contributed by atoms with Gasteiger partial charge >= 0.3 is 5.69 Å². The van der Waals surface area contributed by atoms with Crippen molar-refractivity contribution in [2.75, 3.05) is 13.1 Å². The fourth-order valence-electron chi connectivity index (χ4n) is 3.55. The number of hydrogen-bond acceptors (Lipinski definition) is 4. The van der Waals surface area contributed by atoms with Gasteiger partial charge in [0.05, 0.1) is 11.2 Å². The number of rotatable bonds is 7. The first-order valence-electron chi connectivity index (χ1n) is 9.97. The number of thiophene rings is 1. The first-order chi connectivity index (χ1) is 13.9. The highest BCUT2D eigenvalue weighted by molar-refractivity contribution is 7.17. The smallest absolute Gasteiger partial charge is 0.336 e. The summed E-state index contributed by atoms with van der Waals surface area (Å²) >= 11 is 1.29. The van der Waals surface area contributed by atoms with Crippen LogP contribution in [-0.4, -0.2) is 33.0 Å². The molecule has 154 valence electrons. The zero-order valence-electron chi connectivity index (χ0n) is 17.4. The molecular weight excluding hydrogens is 386 g/mol. The summed E-state index contributed by atoms with van der Waals surface area (Å²) < 4.78 is 3.13. The number of hydrogen-bond donors (Lipinski definition) is 0. The molecule has 1 amide bonds. The standard InChI is InChI=1S/C22H27N3O3S/c1-5-10-23(11-6-2)19(26)14-24-17-9-12-29-20(17)21(27)25(22(24)28)18-13-15(3)7-8-16(18)4/h7-9,12-13H,5-6,10-11,14H2,1-4H3. The fraction of sp³-hybridized carbons (Fsp3) is 0.409. The quantitative estimate of drug-likeness (QED) is 0.596. The summed E-state index contributed by atoms with van der Waals surface area (Å²) in [6, 6.07) is 7.43. The number of amides is 1. The first kappa shape index (κ1) is 21.0. The molecule has 0 saturated heterocycles. The van der Waals surface area contributed by atoms with Crippen molar-refractivity contribution < 1.29 is 4.79 Å². The van der Waals surface area contributed by atoms with E-state index in [-0.39, 0.29) is 18.0 Å². The minimum atomic E-state index is -0.476. The molecule has 0 atom stereocenters. The molecule has 0 unspecified atom stereocenters. The van der Waals surface area contributed by atoms with Crippen LogP contribution in [-0.2, 0) is 11.3 Å². The summed E-state index contributed by atoms with van der Waals surface area (Å²) in [5.74, 6) is -0.102. The summed E-state index contributed by atoms with van der Waals surface area (Å²) in [6.45, 7) is 9.10. The zero-order valence-corrected chi connectivity index (χ0v) is 18.2. The van der Waals surface area contributed by atoms with E-state index < -0.39 is 5.69 Å². The molecule has 0 radical (unpaired) electrons. The second-order valence-corrected chi connectivity index (χ2v) is 8.23. The third kappa shape index (κ3) is 4.05. The van der Waals surface area contributed by atoms with E-state index in [9.17, 15) is 14.4 Å². The molecule has 2 aromatic heterocycles. The Kier molecular flexibility index (Phi) is 6.37. The molecule has 2 heterocycles. The molecule has 0 aliphatic carbocycles. The molecule has 0 aliphatic heterocycles. The number of carbonyl (C=O) groups excluding carboxylic acids is 1. The van der Waals surface area contributed by atoms with Crippen LogP contribution in [0.25, 0.3) is 15.9 Å². The molecule has 0 saturated carbocycles. The lowest BCUT2D eigenvalue weighted by Gasteiger charge is -2.22. The Morgan fingerprint density at radius 3 is 2.41 bits per heavy atom. The van der Waals surface area contributed by atoms with Crippen molar-refractivity contribution in [2.24, 2.45) is 0 Å². The van der Waals surface area contributed by atoms with E-state index in [0.717, 1.165) is 24.0 Å². The highest BCUT2D eigenvalue weighted by Crippen LogP contribution is 2.18. The molecule has 0 N–H and O–H groups in total. The van der Waals surface area contributed by atoms with Crippen LogP contribution in [0.5, 0.6) is 0 Å². The van der Waals surface area contributed by atoms with E-state index in [4.69, 9.17) is 0 Å². The van der Waals surface area contributed by atoms with Gasteiger partial charge in [-0.25, -0.2) is 9.36 Å². The van der Waals surface area contributed by atoms with E-state index in [1.165, 1.54) is 20.5 Å². The van der Waals surface area contributed by atoms with Gasteiger partial charge in [-0.05, 0) is 55.3 Å². The monoisotopic (exact) mass is 413 g/mol. The average molecular weight is 414 g/mol. The Morgan fingerprint density at radius 1 is 1.07 bits per heavy atom. The maximum Gasteiger partial charge on any atom is 0.336 e. The lowest BCUT2D eigenvalue weighted by Crippen LogP contribution is -2.43. The van der Waals surface area contributed by atoms with Crippen molar-refractivity contribution in [1.82, 2.24) is 14.0 Å². The minimum absolute atomic E-state index is 0.0722. The van der Waals surface area contributed by atoms with E-state index in [1.807, 2.05) is 45.9 Å². The lowest BCUT2D eigenvalue weighted by atomic mass is 10.1. The molecule has 3 aromatic rings. The van der Waals surface area contributed by atoms with Gasteiger partial charge in [0, 0.05) is 13.1 Å². The second-order valence-electron chi connectivity index (χ2n) is 7.31. The molecule has 29 heavy (non-hydrogen) atoms. The number of fused-ring (bicyclic) bond motifs is 1. The van der Waals surface area contributed by atoms with Gasteiger partial charge < -0.3 is 4.90 Å². The van der Waals surface area contributed by atoms with Crippen molar-refractivity contribution in [1.29, 1.82) is 0 Å². The molecule has 1 aromatic carbocycles. The maximum absolute atomic E-state index is 13.4. The van der Waals surface area contributed by atoms with Gasteiger partial charge in [-0.15, -0.1) is 11.3 Å². The fourth-order valence-corrected chi connectivity index (χ4v) is 4.37. The second kappa shape index (κ2) is 8.78. The topological polar surface area (TPSA) is 64.3 Å². The summed E-state index contributed by atoms with van der Waals surface area (Å²) in [6.07, 6.45) is 1.72. The number of nitrogens with zero attached hydrogens (tertiary/aromatic N) is 3. The van der Waals surface area contributed by atoms with Crippen LogP contribution in [0.1, 0.15) is 37.8 Å². The summed E-state index contributed by atoms with van der Waals surface area (Å²) in [4.78, 5) is 41.3. The van der Waals surface area contributed by atoms with Crippen molar-refractivity contribution in [3.63, 3.8) is 0 Å². The molecule has 3 rings (SSSR count). The average Bonchev–Trinajstić information content (AvgIpc) is 3.17. The van der Waals surface area contributed by atoms with Crippen LogP contribution >= 0.6 is 11.3 Å². The largest absolute Gasteiger partial charge is 0.341 e. The van der Waals surface area contributed by atoms with Gasteiger partial charge in [0.1, 0.15) is 11.2 Å². The highest BCUT2D eigenvalue weighted by atomic mass is 32.1. The van der Waals surface area contributed by atoms with Gasteiger partial charge in [0.25, 0.3) is 5.56 Å². The van der Waals surface area contributed by atoms with Gasteiger partial charge in [-0.2, -0.15) is 0 Å². The lowest BCUT2D eigenvalue weighted by molar-refractivity contribution is -0.131. The molecular formula is C22H27N3O3S. The molecule has 6 nitrogen and oxygen atoms in total. The predicted molar refractivity (Wildman–Crippen MR) is 118 cm³/mol. The van der Waals surface area contributed by atoms with Crippen LogP contribution in [0.15, 0.2) is 39.2 Å². The molecule has 0 fully saturated rings. The number of aryl methyl sites for hydroxylation is 2. The van der Waals surface area contributed by atoms with Gasteiger partial charge in [-0.1, -0.05) is 26.0 Å². The third-order valence-corrected chi connectivity index (χ3v) is 5.89. The Bertz CT molecular complexity index is 1150. The molecule has 7 heteroatoms. The van der Waals surface area contributed by atoms with E-state index >= 15 is 0 Å². The van der Waals surface area contributed by atoms with Gasteiger partial charge in [0.2, 0.25) is 5.91 Å². The predicted octanol–water partition coefficient (Wildman–Crippen LogP) is 3.48. The Hall–Kier alpha value is -2.67. The van der Waals surface area contributed by atoms with Crippen molar-refractivity contribution in [3.8, 4) is 5.69 Å². The summed E-state index contributed by atoms with van der Waals surface area (Å²) in [5, 5.41) is 1.79. The van der Waals surface area contributed by atoms with Crippen LogP contribution in [0, 0.1) is 13.8 Å². The van der Waals surface area contributed by atoms with E-state index in [0.29, 0.717) is 29.0 Å². The summed E-state index contributed by atoms with van der Waals surface area (Å²) in [5.41, 5.74) is 2.07. The molecule has 0 spiro atoms. The minimum Gasteiger partial charge on any atom is -0.341 e.